The fourth-order valence-electron chi connectivity index (χ4n) is 2.66. The van der Waals surface area contributed by atoms with Gasteiger partial charge in [0.2, 0.25) is 0 Å². The van der Waals surface area contributed by atoms with Gasteiger partial charge in [-0.15, -0.1) is 11.3 Å². The molecule has 1 saturated carbocycles. The molecule has 90 valence electrons. The zero-order valence-corrected chi connectivity index (χ0v) is 11.1. The molecule has 1 fully saturated rings. The van der Waals surface area contributed by atoms with E-state index in [0.717, 1.165) is 12.1 Å². The van der Waals surface area contributed by atoms with Crippen molar-refractivity contribution in [2.75, 3.05) is 0 Å². The van der Waals surface area contributed by atoms with E-state index in [0.29, 0.717) is 5.41 Å². The van der Waals surface area contributed by atoms with E-state index in [2.05, 4.69) is 17.3 Å². The quantitative estimate of drug-likeness (QED) is 0.877. The van der Waals surface area contributed by atoms with E-state index in [4.69, 9.17) is 5.73 Å². The molecule has 2 rings (SSSR count). The third-order valence-corrected chi connectivity index (χ3v) is 4.94. The first-order chi connectivity index (χ1) is 7.60. The van der Waals surface area contributed by atoms with E-state index < -0.39 is 0 Å². The Balaban J connectivity index is 1.98. The lowest BCUT2D eigenvalue weighted by atomic mass is 9.70. The summed E-state index contributed by atoms with van der Waals surface area (Å²) >= 11 is 1.75. The van der Waals surface area contributed by atoms with E-state index in [-0.39, 0.29) is 6.04 Å². The summed E-state index contributed by atoms with van der Waals surface area (Å²) in [5, 5.41) is 3.32. The molecule has 1 unspecified atom stereocenters. The molecule has 2 N–H and O–H groups in total. The Hall–Kier alpha value is -0.410. The van der Waals surface area contributed by atoms with Crippen molar-refractivity contribution in [3.05, 3.63) is 16.1 Å². The van der Waals surface area contributed by atoms with Crippen molar-refractivity contribution < 1.29 is 0 Å². The van der Waals surface area contributed by atoms with Crippen LogP contribution in [0.15, 0.2) is 5.38 Å². The lowest BCUT2D eigenvalue weighted by Gasteiger charge is -2.38. The van der Waals surface area contributed by atoms with Gasteiger partial charge in [-0.1, -0.05) is 26.2 Å². The highest BCUT2D eigenvalue weighted by molar-refractivity contribution is 7.09. The average molecular weight is 238 g/mol. The van der Waals surface area contributed by atoms with Crippen LogP contribution in [0.1, 0.15) is 49.7 Å². The lowest BCUT2D eigenvalue weighted by Crippen LogP contribution is -2.42. The molecule has 0 amide bonds. The maximum absolute atomic E-state index is 6.39. The van der Waals surface area contributed by atoms with Crippen LogP contribution in [0.4, 0.5) is 0 Å². The topological polar surface area (TPSA) is 38.9 Å². The Morgan fingerprint density at radius 2 is 2.12 bits per heavy atom. The molecule has 1 heterocycles. The molecule has 1 aliphatic carbocycles. The second kappa shape index (κ2) is 4.84. The summed E-state index contributed by atoms with van der Waals surface area (Å²) in [6.45, 7) is 4.41. The van der Waals surface area contributed by atoms with E-state index >= 15 is 0 Å². The number of aromatic nitrogens is 1. The van der Waals surface area contributed by atoms with Gasteiger partial charge in [-0.05, 0) is 25.2 Å². The minimum atomic E-state index is 0.276. The summed E-state index contributed by atoms with van der Waals surface area (Å²) in [6.07, 6.45) is 7.62. The number of hydrogen-bond acceptors (Lipinski definition) is 3. The summed E-state index contributed by atoms with van der Waals surface area (Å²) in [7, 11) is 0. The number of rotatable bonds is 3. The van der Waals surface area contributed by atoms with Crippen LogP contribution in [-0.2, 0) is 6.42 Å². The summed E-state index contributed by atoms with van der Waals surface area (Å²) in [4.78, 5) is 4.52. The van der Waals surface area contributed by atoms with Crippen LogP contribution in [0, 0.1) is 12.3 Å². The van der Waals surface area contributed by atoms with Crippen molar-refractivity contribution in [2.24, 2.45) is 11.1 Å². The minimum Gasteiger partial charge on any atom is -0.327 e. The predicted molar refractivity (Wildman–Crippen MR) is 69.7 cm³/mol. The van der Waals surface area contributed by atoms with Gasteiger partial charge in [-0.2, -0.15) is 0 Å². The fourth-order valence-corrected chi connectivity index (χ4v) is 3.49. The van der Waals surface area contributed by atoms with Crippen LogP contribution in [0.5, 0.6) is 0 Å². The van der Waals surface area contributed by atoms with Crippen molar-refractivity contribution in [1.29, 1.82) is 0 Å². The maximum Gasteiger partial charge on any atom is 0.0943 e. The van der Waals surface area contributed by atoms with Gasteiger partial charge in [-0.25, -0.2) is 4.98 Å². The van der Waals surface area contributed by atoms with E-state index in [1.54, 1.807) is 11.3 Å². The Bertz CT molecular complexity index is 339. The average Bonchev–Trinajstić information content (AvgIpc) is 2.65. The van der Waals surface area contributed by atoms with Gasteiger partial charge in [0.25, 0.3) is 0 Å². The predicted octanol–water partition coefficient (Wildman–Crippen LogP) is 3.29. The molecule has 2 nitrogen and oxygen atoms in total. The highest BCUT2D eigenvalue weighted by atomic mass is 32.1. The lowest BCUT2D eigenvalue weighted by molar-refractivity contribution is 0.168. The standard InChI is InChI=1S/C13H22N2S/c1-10-9-16-12(15-10)8-11(14)13(2)6-4-3-5-7-13/h9,11H,3-8,14H2,1-2H3. The molecular formula is C13H22N2S. The van der Waals surface area contributed by atoms with E-state index in [9.17, 15) is 0 Å². The zero-order chi connectivity index (χ0) is 11.6. The van der Waals surface area contributed by atoms with Crippen molar-refractivity contribution in [1.82, 2.24) is 4.98 Å². The first-order valence-corrected chi connectivity index (χ1v) is 7.15. The summed E-state index contributed by atoms with van der Waals surface area (Å²) in [5.74, 6) is 0. The molecule has 0 saturated heterocycles. The second-order valence-electron chi connectivity index (χ2n) is 5.41. The molecule has 3 heteroatoms. The third kappa shape index (κ3) is 2.64. The molecule has 0 spiro atoms. The fraction of sp³-hybridized carbons (Fsp3) is 0.769. The van der Waals surface area contributed by atoms with Gasteiger partial charge >= 0.3 is 0 Å². The first-order valence-electron chi connectivity index (χ1n) is 6.27. The van der Waals surface area contributed by atoms with Crippen LogP contribution in [-0.4, -0.2) is 11.0 Å². The van der Waals surface area contributed by atoms with E-state index in [1.165, 1.54) is 37.1 Å². The molecule has 0 radical (unpaired) electrons. The SMILES string of the molecule is Cc1csc(CC(N)C2(C)CCCCC2)n1. The Morgan fingerprint density at radius 3 is 2.69 bits per heavy atom. The molecule has 0 aromatic carbocycles. The van der Waals surface area contributed by atoms with Crippen molar-refractivity contribution in [2.45, 2.75) is 58.4 Å². The number of hydrogen-bond donors (Lipinski definition) is 1. The number of aryl methyl sites for hydroxylation is 1. The highest BCUT2D eigenvalue weighted by Gasteiger charge is 2.33. The Morgan fingerprint density at radius 1 is 1.44 bits per heavy atom. The molecule has 1 aromatic rings. The highest BCUT2D eigenvalue weighted by Crippen LogP contribution is 2.39. The number of nitrogens with two attached hydrogens (primary N) is 1. The number of thiazole rings is 1. The maximum atomic E-state index is 6.39. The normalized spacial score (nSPS) is 21.9. The van der Waals surface area contributed by atoms with Gasteiger partial charge in [-0.3, -0.25) is 0 Å². The van der Waals surface area contributed by atoms with Gasteiger partial charge in [0.1, 0.15) is 0 Å². The molecule has 0 aliphatic heterocycles. The largest absolute Gasteiger partial charge is 0.327 e. The van der Waals surface area contributed by atoms with Gasteiger partial charge < -0.3 is 5.73 Å². The Labute approximate surface area is 102 Å². The summed E-state index contributed by atoms with van der Waals surface area (Å²) in [6, 6.07) is 0.276. The smallest absolute Gasteiger partial charge is 0.0943 e. The van der Waals surface area contributed by atoms with Crippen LogP contribution in [0.2, 0.25) is 0 Å². The number of nitrogens with zero attached hydrogens (tertiary/aromatic N) is 1. The summed E-state index contributed by atoms with van der Waals surface area (Å²) < 4.78 is 0. The van der Waals surface area contributed by atoms with Gasteiger partial charge in [0.15, 0.2) is 0 Å². The molecule has 1 atom stereocenters. The summed E-state index contributed by atoms with van der Waals surface area (Å²) in [5.41, 5.74) is 7.86. The van der Waals surface area contributed by atoms with Crippen molar-refractivity contribution >= 4 is 11.3 Å². The van der Waals surface area contributed by atoms with Crippen molar-refractivity contribution in [3.63, 3.8) is 0 Å². The monoisotopic (exact) mass is 238 g/mol. The van der Waals surface area contributed by atoms with Crippen LogP contribution in [0.3, 0.4) is 0 Å². The molecule has 1 aromatic heterocycles. The van der Waals surface area contributed by atoms with Crippen LogP contribution < -0.4 is 5.73 Å². The van der Waals surface area contributed by atoms with E-state index in [1.807, 2.05) is 6.92 Å². The third-order valence-electron chi connectivity index (χ3n) is 3.95. The van der Waals surface area contributed by atoms with Crippen LogP contribution in [0.25, 0.3) is 0 Å². The molecule has 1 aliphatic rings. The first kappa shape index (κ1) is 12.1. The zero-order valence-electron chi connectivity index (χ0n) is 10.3. The molecular weight excluding hydrogens is 216 g/mol. The second-order valence-corrected chi connectivity index (χ2v) is 6.35. The molecule has 0 bridgehead atoms. The minimum absolute atomic E-state index is 0.276. The van der Waals surface area contributed by atoms with Gasteiger partial charge in [0, 0.05) is 23.5 Å². The molecule has 16 heavy (non-hydrogen) atoms. The Kier molecular flexibility index (Phi) is 3.65. The van der Waals surface area contributed by atoms with Gasteiger partial charge in [0.05, 0.1) is 5.01 Å². The van der Waals surface area contributed by atoms with Crippen LogP contribution >= 0.6 is 11.3 Å². The van der Waals surface area contributed by atoms with Crippen molar-refractivity contribution in [3.8, 4) is 0 Å².